The summed E-state index contributed by atoms with van der Waals surface area (Å²) in [6.45, 7) is 4.12. The number of aliphatic carboxylic acids is 1. The zero-order valence-electron chi connectivity index (χ0n) is 16.0. The van der Waals surface area contributed by atoms with Crippen LogP contribution in [0.25, 0.3) is 0 Å². The Balaban J connectivity index is 1.70. The minimum Gasteiger partial charge on any atom is -0.478 e. The summed E-state index contributed by atoms with van der Waals surface area (Å²) in [4.78, 5) is 11.7. The molecule has 1 N–H and O–H groups in total. The highest BCUT2D eigenvalue weighted by Gasteiger charge is 2.22. The first-order valence-corrected chi connectivity index (χ1v) is 9.33. The summed E-state index contributed by atoms with van der Waals surface area (Å²) in [5.41, 5.74) is 1.87. The predicted molar refractivity (Wildman–Crippen MR) is 109 cm³/mol. The molecule has 1 atom stereocenters. The number of ether oxygens (including phenoxy) is 2. The van der Waals surface area contributed by atoms with Gasteiger partial charge in [0, 0.05) is 6.42 Å². The largest absolute Gasteiger partial charge is 0.478 e. The molecule has 0 spiro atoms. The maximum absolute atomic E-state index is 11.7. The third-order valence-corrected chi connectivity index (χ3v) is 4.41. The van der Waals surface area contributed by atoms with Crippen LogP contribution in [0.1, 0.15) is 30.9 Å². The molecule has 0 radical (unpaired) electrons. The molecule has 0 heterocycles. The molecule has 4 heteroatoms. The van der Waals surface area contributed by atoms with E-state index in [1.807, 2.05) is 78.9 Å². The molecule has 0 aliphatic heterocycles. The summed E-state index contributed by atoms with van der Waals surface area (Å²) < 4.78 is 11.6. The number of benzene rings is 3. The van der Waals surface area contributed by atoms with E-state index < -0.39 is 12.1 Å². The number of carbonyl (C=O) groups is 1. The van der Waals surface area contributed by atoms with Crippen LogP contribution in [0, 0.1) is 0 Å². The third kappa shape index (κ3) is 5.13. The second-order valence-corrected chi connectivity index (χ2v) is 6.90. The molecule has 4 nitrogen and oxygen atoms in total. The van der Waals surface area contributed by atoms with Gasteiger partial charge < -0.3 is 14.6 Å². The molecule has 0 unspecified atom stereocenters. The van der Waals surface area contributed by atoms with Gasteiger partial charge in [-0.05, 0) is 47.4 Å². The zero-order chi connectivity index (χ0) is 19.9. The Hall–Kier alpha value is -3.27. The molecule has 0 aliphatic carbocycles. The van der Waals surface area contributed by atoms with Crippen molar-refractivity contribution >= 4 is 5.97 Å². The molecule has 3 aromatic carbocycles. The van der Waals surface area contributed by atoms with Crippen molar-refractivity contribution in [2.24, 2.45) is 0 Å². The highest BCUT2D eigenvalue weighted by molar-refractivity contribution is 5.73. The van der Waals surface area contributed by atoms with E-state index in [-0.39, 0.29) is 12.3 Å². The Morgan fingerprint density at radius 3 is 2.11 bits per heavy atom. The lowest BCUT2D eigenvalue weighted by molar-refractivity contribution is -0.145. The van der Waals surface area contributed by atoms with E-state index in [1.54, 1.807) is 0 Å². The summed E-state index contributed by atoms with van der Waals surface area (Å²) in [5.74, 6) is 1.34. The number of hydrogen-bond acceptors (Lipinski definition) is 3. The van der Waals surface area contributed by atoms with Crippen LogP contribution >= 0.6 is 0 Å². The number of para-hydroxylation sites is 2. The molecule has 0 aromatic heterocycles. The minimum absolute atomic E-state index is 0.250. The second-order valence-electron chi connectivity index (χ2n) is 6.90. The fraction of sp³-hybridized carbons (Fsp3) is 0.208. The maximum Gasteiger partial charge on any atom is 0.345 e. The first-order valence-electron chi connectivity index (χ1n) is 9.33. The van der Waals surface area contributed by atoms with Crippen molar-refractivity contribution in [1.29, 1.82) is 0 Å². The molecule has 0 bridgehead atoms. The predicted octanol–water partition coefficient (Wildman–Crippen LogP) is 5.68. The quantitative estimate of drug-likeness (QED) is 0.550. The first-order chi connectivity index (χ1) is 13.5. The van der Waals surface area contributed by atoms with Crippen molar-refractivity contribution in [3.8, 4) is 17.2 Å². The molecule has 0 saturated heterocycles. The summed E-state index contributed by atoms with van der Waals surface area (Å²) >= 11 is 0. The van der Waals surface area contributed by atoms with Crippen LogP contribution in [0.5, 0.6) is 17.2 Å². The highest BCUT2D eigenvalue weighted by atomic mass is 16.5. The van der Waals surface area contributed by atoms with Crippen molar-refractivity contribution in [2.75, 3.05) is 0 Å². The molecule has 0 amide bonds. The van der Waals surface area contributed by atoms with E-state index in [0.717, 1.165) is 16.9 Å². The van der Waals surface area contributed by atoms with Gasteiger partial charge in [0.15, 0.2) is 6.10 Å². The lowest BCUT2D eigenvalue weighted by Crippen LogP contribution is -2.29. The van der Waals surface area contributed by atoms with E-state index in [2.05, 4.69) is 13.8 Å². The van der Waals surface area contributed by atoms with Gasteiger partial charge in [0.1, 0.15) is 17.2 Å². The monoisotopic (exact) mass is 376 g/mol. The minimum atomic E-state index is -0.983. The van der Waals surface area contributed by atoms with Gasteiger partial charge in [0.2, 0.25) is 0 Å². The Morgan fingerprint density at radius 2 is 1.46 bits per heavy atom. The number of rotatable bonds is 8. The van der Waals surface area contributed by atoms with Gasteiger partial charge in [0.25, 0.3) is 0 Å². The van der Waals surface area contributed by atoms with Crippen LogP contribution in [0.15, 0.2) is 78.9 Å². The molecular formula is C24H24O4. The summed E-state index contributed by atoms with van der Waals surface area (Å²) in [7, 11) is 0. The van der Waals surface area contributed by atoms with Crippen molar-refractivity contribution < 1.29 is 19.4 Å². The summed E-state index contributed by atoms with van der Waals surface area (Å²) in [6, 6.07) is 24.5. The van der Waals surface area contributed by atoms with Gasteiger partial charge in [-0.15, -0.1) is 0 Å². The number of carboxylic acid groups (broad SMARTS) is 1. The van der Waals surface area contributed by atoms with E-state index in [9.17, 15) is 9.90 Å². The van der Waals surface area contributed by atoms with Gasteiger partial charge >= 0.3 is 5.97 Å². The number of carboxylic acids is 1. The van der Waals surface area contributed by atoms with Gasteiger partial charge in [0.05, 0.1) is 0 Å². The summed E-state index contributed by atoms with van der Waals surface area (Å²) in [6.07, 6.45) is -0.686. The lowest BCUT2D eigenvalue weighted by Gasteiger charge is -2.19. The molecular weight excluding hydrogens is 352 g/mol. The molecule has 3 rings (SSSR count). The van der Waals surface area contributed by atoms with Gasteiger partial charge in [-0.2, -0.15) is 0 Å². The van der Waals surface area contributed by atoms with Crippen LogP contribution in [0.3, 0.4) is 0 Å². The molecule has 28 heavy (non-hydrogen) atoms. The van der Waals surface area contributed by atoms with Gasteiger partial charge in [-0.3, -0.25) is 0 Å². The van der Waals surface area contributed by atoms with Crippen molar-refractivity contribution in [2.45, 2.75) is 32.3 Å². The van der Waals surface area contributed by atoms with E-state index in [0.29, 0.717) is 11.5 Å². The SMILES string of the molecule is CC(C)c1ccccc1O[C@H](Cc1ccc(Oc2ccccc2)cc1)C(=O)O. The Kier molecular flexibility index (Phi) is 6.33. The van der Waals surface area contributed by atoms with Crippen LogP contribution in [-0.2, 0) is 11.2 Å². The van der Waals surface area contributed by atoms with Crippen LogP contribution in [-0.4, -0.2) is 17.2 Å². The van der Waals surface area contributed by atoms with Crippen molar-refractivity contribution in [3.05, 3.63) is 90.0 Å². The summed E-state index contributed by atoms with van der Waals surface area (Å²) in [5, 5.41) is 9.63. The molecule has 0 aliphatic rings. The average molecular weight is 376 g/mol. The Labute approximate surface area is 165 Å². The van der Waals surface area contributed by atoms with E-state index in [4.69, 9.17) is 9.47 Å². The van der Waals surface area contributed by atoms with Crippen LogP contribution in [0.4, 0.5) is 0 Å². The van der Waals surface area contributed by atoms with Crippen LogP contribution < -0.4 is 9.47 Å². The highest BCUT2D eigenvalue weighted by Crippen LogP contribution is 2.28. The van der Waals surface area contributed by atoms with Crippen LogP contribution in [0.2, 0.25) is 0 Å². The van der Waals surface area contributed by atoms with E-state index >= 15 is 0 Å². The average Bonchev–Trinajstić information content (AvgIpc) is 2.70. The Morgan fingerprint density at radius 1 is 0.857 bits per heavy atom. The number of hydrogen-bond donors (Lipinski definition) is 1. The smallest absolute Gasteiger partial charge is 0.345 e. The maximum atomic E-state index is 11.7. The Bertz CT molecular complexity index is 901. The topological polar surface area (TPSA) is 55.8 Å². The van der Waals surface area contributed by atoms with Crippen molar-refractivity contribution in [3.63, 3.8) is 0 Å². The lowest BCUT2D eigenvalue weighted by atomic mass is 10.0. The normalized spacial score (nSPS) is 11.8. The standard InChI is InChI=1S/C24H24O4/c1-17(2)21-10-6-7-11-22(21)28-23(24(25)26)16-18-12-14-20(15-13-18)27-19-8-4-3-5-9-19/h3-15,17,23H,16H2,1-2H3,(H,25,26)/t23-/m1/s1. The first kappa shape index (κ1) is 19.5. The van der Waals surface area contributed by atoms with Gasteiger partial charge in [-0.25, -0.2) is 4.79 Å². The molecule has 144 valence electrons. The molecule has 0 fully saturated rings. The second kappa shape index (κ2) is 9.09. The fourth-order valence-corrected chi connectivity index (χ4v) is 2.93. The van der Waals surface area contributed by atoms with E-state index in [1.165, 1.54) is 0 Å². The zero-order valence-corrected chi connectivity index (χ0v) is 16.0. The third-order valence-electron chi connectivity index (χ3n) is 4.41. The van der Waals surface area contributed by atoms with Crippen molar-refractivity contribution in [1.82, 2.24) is 0 Å². The molecule has 3 aromatic rings. The fourth-order valence-electron chi connectivity index (χ4n) is 2.93. The van der Waals surface area contributed by atoms with Gasteiger partial charge in [-0.1, -0.05) is 62.4 Å². The molecule has 0 saturated carbocycles.